The lowest BCUT2D eigenvalue weighted by molar-refractivity contribution is 0.599. The van der Waals surface area contributed by atoms with E-state index in [0.29, 0.717) is 0 Å². The van der Waals surface area contributed by atoms with Crippen LogP contribution in [0.25, 0.3) is 0 Å². The van der Waals surface area contributed by atoms with Gasteiger partial charge in [0.05, 0.1) is 15.8 Å². The Labute approximate surface area is 134 Å². The summed E-state index contributed by atoms with van der Waals surface area (Å²) < 4.78 is 40.3. The van der Waals surface area contributed by atoms with E-state index in [0.717, 1.165) is 17.7 Å². The molecule has 0 aliphatic heterocycles. The lowest BCUT2D eigenvalue weighted by Gasteiger charge is -2.12. The maximum Gasteiger partial charge on any atom is 0.264 e. The Morgan fingerprint density at radius 3 is 2.71 bits per heavy atom. The van der Waals surface area contributed by atoms with Crippen molar-refractivity contribution in [1.82, 2.24) is 4.98 Å². The summed E-state index contributed by atoms with van der Waals surface area (Å²) in [6.45, 7) is 1.74. The summed E-state index contributed by atoms with van der Waals surface area (Å²) in [7, 11) is -4.02. The van der Waals surface area contributed by atoms with Crippen molar-refractivity contribution in [2.75, 3.05) is 10.5 Å². The summed E-state index contributed by atoms with van der Waals surface area (Å²) in [6, 6.07) is 3.54. The zero-order chi connectivity index (χ0) is 15.8. The number of nitrogens with one attached hydrogen (secondary N) is 1. The number of hydrogen-bond donors (Lipinski definition) is 2. The van der Waals surface area contributed by atoms with Gasteiger partial charge < -0.3 is 5.73 Å². The van der Waals surface area contributed by atoms with Gasteiger partial charge in [0.25, 0.3) is 10.0 Å². The van der Waals surface area contributed by atoms with Crippen LogP contribution in [0.5, 0.6) is 0 Å². The summed E-state index contributed by atoms with van der Waals surface area (Å²) in [4.78, 5) is 3.59. The molecule has 1 aromatic carbocycles. The van der Waals surface area contributed by atoms with Crippen LogP contribution in [-0.2, 0) is 10.0 Å². The molecule has 2 rings (SSSR count). The highest BCUT2D eigenvalue weighted by atomic mass is 79.9. The van der Waals surface area contributed by atoms with Gasteiger partial charge in [0.1, 0.15) is 10.7 Å². The largest absolute Gasteiger partial charge is 0.398 e. The lowest BCUT2D eigenvalue weighted by Crippen LogP contribution is -2.15. The van der Waals surface area contributed by atoms with Crippen LogP contribution >= 0.6 is 27.5 Å². The topological polar surface area (TPSA) is 85.1 Å². The van der Waals surface area contributed by atoms with E-state index in [1.54, 1.807) is 6.92 Å². The Kier molecular flexibility index (Phi) is 4.40. The van der Waals surface area contributed by atoms with E-state index in [2.05, 4.69) is 25.6 Å². The van der Waals surface area contributed by atoms with Crippen LogP contribution in [0.15, 0.2) is 33.8 Å². The third-order valence-corrected chi connectivity index (χ3v) is 4.89. The standard InChI is InChI=1S/C12H10BrClFN3O2S/c1-6-2-10(12(14)17-5-6)18-21(19,20)11-3-7(13)8(15)4-9(11)16/h2-5,18H,16H2,1H3. The Bertz CT molecular complexity index is 814. The van der Waals surface area contributed by atoms with E-state index in [9.17, 15) is 12.8 Å². The van der Waals surface area contributed by atoms with E-state index < -0.39 is 15.8 Å². The number of benzene rings is 1. The molecule has 0 saturated carbocycles. The molecular weight excluding hydrogens is 385 g/mol. The van der Waals surface area contributed by atoms with E-state index in [1.165, 1.54) is 12.3 Å². The second kappa shape index (κ2) is 5.78. The molecule has 0 aliphatic rings. The summed E-state index contributed by atoms with van der Waals surface area (Å²) in [5, 5.41) is 0.00363. The molecule has 1 heterocycles. The fourth-order valence-electron chi connectivity index (χ4n) is 1.60. The van der Waals surface area contributed by atoms with Crippen molar-refractivity contribution < 1.29 is 12.8 Å². The predicted octanol–water partition coefficient (Wildman–Crippen LogP) is 3.33. The number of nitrogens with two attached hydrogens (primary N) is 1. The molecule has 0 spiro atoms. The first-order valence-corrected chi connectivity index (χ1v) is 8.25. The first-order chi connectivity index (χ1) is 9.70. The summed E-state index contributed by atoms with van der Waals surface area (Å²) in [5.41, 5.74) is 6.21. The molecule has 5 nitrogen and oxygen atoms in total. The van der Waals surface area contributed by atoms with Gasteiger partial charge >= 0.3 is 0 Å². The van der Waals surface area contributed by atoms with Gasteiger partial charge in [-0.15, -0.1) is 0 Å². The number of hydrogen-bond acceptors (Lipinski definition) is 4. The smallest absolute Gasteiger partial charge is 0.264 e. The highest BCUT2D eigenvalue weighted by molar-refractivity contribution is 9.10. The first kappa shape index (κ1) is 16.0. The summed E-state index contributed by atoms with van der Waals surface area (Å²) >= 11 is 8.77. The van der Waals surface area contributed by atoms with Crippen molar-refractivity contribution in [2.45, 2.75) is 11.8 Å². The second-order valence-corrected chi connectivity index (χ2v) is 7.12. The first-order valence-electron chi connectivity index (χ1n) is 5.60. The number of nitrogen functional groups attached to an aromatic ring is 1. The minimum atomic E-state index is -4.02. The minimum absolute atomic E-state index is 0.00363. The summed E-state index contributed by atoms with van der Waals surface area (Å²) in [6.07, 6.45) is 1.50. The van der Waals surface area contributed by atoms with Crippen LogP contribution in [0.4, 0.5) is 15.8 Å². The van der Waals surface area contributed by atoms with E-state index in [-0.39, 0.29) is 25.9 Å². The molecule has 21 heavy (non-hydrogen) atoms. The molecule has 0 saturated heterocycles. The van der Waals surface area contributed by atoms with Gasteiger partial charge in [0.15, 0.2) is 5.15 Å². The molecule has 0 atom stereocenters. The van der Waals surface area contributed by atoms with Crippen molar-refractivity contribution in [3.05, 3.63) is 45.4 Å². The van der Waals surface area contributed by atoms with Gasteiger partial charge in [0, 0.05) is 6.20 Å². The van der Waals surface area contributed by atoms with Crippen LogP contribution in [0, 0.1) is 12.7 Å². The quantitative estimate of drug-likeness (QED) is 0.618. The zero-order valence-electron chi connectivity index (χ0n) is 10.7. The molecule has 9 heteroatoms. The van der Waals surface area contributed by atoms with Crippen LogP contribution in [-0.4, -0.2) is 13.4 Å². The third-order valence-electron chi connectivity index (χ3n) is 2.56. The van der Waals surface area contributed by atoms with Crippen molar-refractivity contribution in [1.29, 1.82) is 0 Å². The van der Waals surface area contributed by atoms with Gasteiger partial charge in [-0.2, -0.15) is 0 Å². The molecule has 0 fully saturated rings. The minimum Gasteiger partial charge on any atom is -0.398 e. The number of sulfonamides is 1. The van der Waals surface area contributed by atoms with Crippen LogP contribution in [0.2, 0.25) is 5.15 Å². The fraction of sp³-hybridized carbons (Fsp3) is 0.0833. The Morgan fingerprint density at radius 1 is 1.38 bits per heavy atom. The summed E-state index contributed by atoms with van der Waals surface area (Å²) in [5.74, 6) is -0.651. The predicted molar refractivity (Wildman–Crippen MR) is 83.3 cm³/mol. The second-order valence-electron chi connectivity index (χ2n) is 4.26. The Morgan fingerprint density at radius 2 is 2.05 bits per heavy atom. The molecule has 0 amide bonds. The lowest BCUT2D eigenvalue weighted by atomic mass is 10.3. The average molecular weight is 395 g/mol. The van der Waals surface area contributed by atoms with Crippen LogP contribution < -0.4 is 10.5 Å². The van der Waals surface area contributed by atoms with Crippen molar-refractivity contribution in [2.24, 2.45) is 0 Å². The van der Waals surface area contributed by atoms with Crippen molar-refractivity contribution in [3.63, 3.8) is 0 Å². The Hall–Kier alpha value is -1.38. The van der Waals surface area contributed by atoms with E-state index in [4.69, 9.17) is 17.3 Å². The molecule has 0 unspecified atom stereocenters. The highest BCUT2D eigenvalue weighted by Gasteiger charge is 2.21. The van der Waals surface area contributed by atoms with Gasteiger partial charge in [-0.05, 0) is 46.6 Å². The number of anilines is 2. The number of rotatable bonds is 3. The molecule has 0 bridgehead atoms. The zero-order valence-corrected chi connectivity index (χ0v) is 13.9. The molecular formula is C12H10BrClFN3O2S. The van der Waals surface area contributed by atoms with E-state index >= 15 is 0 Å². The molecule has 0 radical (unpaired) electrons. The number of nitrogens with zero attached hydrogens (tertiary/aromatic N) is 1. The molecule has 0 aliphatic carbocycles. The molecule has 2 aromatic rings. The third kappa shape index (κ3) is 3.45. The van der Waals surface area contributed by atoms with E-state index in [1.807, 2.05) is 0 Å². The number of halogens is 3. The van der Waals surface area contributed by atoms with Crippen LogP contribution in [0.3, 0.4) is 0 Å². The molecule has 3 N–H and O–H groups in total. The highest BCUT2D eigenvalue weighted by Crippen LogP contribution is 2.29. The maximum absolute atomic E-state index is 13.3. The molecule has 112 valence electrons. The van der Waals surface area contributed by atoms with Crippen molar-refractivity contribution >= 4 is 48.9 Å². The number of pyridine rings is 1. The monoisotopic (exact) mass is 393 g/mol. The molecule has 1 aromatic heterocycles. The average Bonchev–Trinajstić information content (AvgIpc) is 2.37. The number of aromatic nitrogens is 1. The fourth-order valence-corrected chi connectivity index (χ4v) is 3.50. The van der Waals surface area contributed by atoms with Gasteiger partial charge in [-0.1, -0.05) is 11.6 Å². The van der Waals surface area contributed by atoms with Gasteiger partial charge in [-0.25, -0.2) is 17.8 Å². The normalized spacial score (nSPS) is 11.4. The van der Waals surface area contributed by atoms with Gasteiger partial charge in [0.2, 0.25) is 0 Å². The number of aryl methyl sites for hydroxylation is 1. The maximum atomic E-state index is 13.3. The SMILES string of the molecule is Cc1cnc(Cl)c(NS(=O)(=O)c2cc(Br)c(F)cc2N)c1. The van der Waals surface area contributed by atoms with Crippen molar-refractivity contribution in [3.8, 4) is 0 Å². The Balaban J connectivity index is 2.48. The van der Waals surface area contributed by atoms with Crippen LogP contribution in [0.1, 0.15) is 5.56 Å². The van der Waals surface area contributed by atoms with Gasteiger partial charge in [-0.3, -0.25) is 4.72 Å².